The number of carbonyl (C=O) groups excluding carboxylic acids is 1. The number of nitrogens with two attached hydrogens (primary N) is 2. The lowest BCUT2D eigenvalue weighted by molar-refractivity contribution is 0.0997. The van der Waals surface area contributed by atoms with Crippen LogP contribution in [0.15, 0.2) is 46.2 Å². The van der Waals surface area contributed by atoms with Gasteiger partial charge in [0.05, 0.1) is 5.56 Å². The van der Waals surface area contributed by atoms with Gasteiger partial charge in [0.1, 0.15) is 11.6 Å². The summed E-state index contributed by atoms with van der Waals surface area (Å²) in [4.78, 5) is 11.8. The Morgan fingerprint density at radius 3 is 2.53 bits per heavy atom. The Morgan fingerprint density at radius 2 is 1.89 bits per heavy atom. The molecule has 2 aromatic carbocycles. The number of nitrogen functional groups attached to an aromatic ring is 1. The highest BCUT2D eigenvalue weighted by Gasteiger charge is 2.14. The van der Waals surface area contributed by atoms with Crippen LogP contribution in [-0.2, 0) is 0 Å². The van der Waals surface area contributed by atoms with Crippen LogP contribution in [-0.4, -0.2) is 5.91 Å². The summed E-state index contributed by atoms with van der Waals surface area (Å²) in [5.41, 5.74) is 11.5. The number of anilines is 1. The van der Waals surface area contributed by atoms with Crippen LogP contribution in [0.2, 0.25) is 0 Å². The topological polar surface area (TPSA) is 69.1 Å². The number of halogens is 2. The second kappa shape index (κ2) is 5.27. The van der Waals surface area contributed by atoms with Crippen LogP contribution in [0.25, 0.3) is 0 Å². The summed E-state index contributed by atoms with van der Waals surface area (Å²) >= 11 is 0.937. The summed E-state index contributed by atoms with van der Waals surface area (Å²) in [6.45, 7) is 0. The molecule has 4 N–H and O–H groups in total. The van der Waals surface area contributed by atoms with Crippen LogP contribution >= 0.6 is 11.8 Å². The Labute approximate surface area is 112 Å². The molecular formula is C13H10F2N2OS. The summed E-state index contributed by atoms with van der Waals surface area (Å²) in [5.74, 6) is -2.04. The molecule has 0 aliphatic rings. The van der Waals surface area contributed by atoms with E-state index in [-0.39, 0.29) is 10.5 Å². The Morgan fingerprint density at radius 1 is 1.16 bits per heavy atom. The van der Waals surface area contributed by atoms with Crippen molar-refractivity contribution in [3.05, 3.63) is 53.6 Å². The van der Waals surface area contributed by atoms with E-state index >= 15 is 0 Å². The molecule has 0 atom stereocenters. The van der Waals surface area contributed by atoms with Crippen molar-refractivity contribution in [3.63, 3.8) is 0 Å². The molecular weight excluding hydrogens is 270 g/mol. The minimum absolute atomic E-state index is 0.168. The van der Waals surface area contributed by atoms with Crippen molar-refractivity contribution in [1.82, 2.24) is 0 Å². The third-order valence-electron chi connectivity index (χ3n) is 2.42. The molecule has 0 aliphatic carbocycles. The smallest absolute Gasteiger partial charge is 0.249 e. The van der Waals surface area contributed by atoms with Gasteiger partial charge in [-0.1, -0.05) is 17.8 Å². The zero-order chi connectivity index (χ0) is 14.0. The molecule has 3 nitrogen and oxygen atoms in total. The van der Waals surface area contributed by atoms with Gasteiger partial charge in [-0.3, -0.25) is 4.79 Å². The van der Waals surface area contributed by atoms with Gasteiger partial charge in [0.2, 0.25) is 5.91 Å². The molecule has 1 amide bonds. The maximum atomic E-state index is 13.6. The number of amides is 1. The summed E-state index contributed by atoms with van der Waals surface area (Å²) < 4.78 is 26.4. The molecule has 0 spiro atoms. The first kappa shape index (κ1) is 13.4. The average Bonchev–Trinajstić information content (AvgIpc) is 2.34. The molecule has 2 rings (SSSR count). The van der Waals surface area contributed by atoms with Crippen molar-refractivity contribution in [3.8, 4) is 0 Å². The van der Waals surface area contributed by atoms with Gasteiger partial charge in [-0.15, -0.1) is 0 Å². The standard InChI is InChI=1S/C13H10F2N2OS/c14-7-4-5-11(9(15)6-7)19-12-8(13(17)18)2-1-3-10(12)16/h1-6H,16H2,(H2,17,18). The molecule has 98 valence electrons. The maximum absolute atomic E-state index is 13.6. The highest BCUT2D eigenvalue weighted by atomic mass is 32.2. The minimum atomic E-state index is -0.719. The SMILES string of the molecule is NC(=O)c1cccc(N)c1Sc1ccc(F)cc1F. The summed E-state index contributed by atoms with van der Waals surface area (Å²) in [5, 5.41) is 0. The number of hydrogen-bond donors (Lipinski definition) is 2. The average molecular weight is 280 g/mol. The van der Waals surface area contributed by atoms with Gasteiger partial charge in [0, 0.05) is 21.5 Å². The quantitative estimate of drug-likeness (QED) is 0.849. The number of benzene rings is 2. The lowest BCUT2D eigenvalue weighted by atomic mass is 10.2. The normalized spacial score (nSPS) is 10.4. The van der Waals surface area contributed by atoms with Crippen LogP contribution in [0.3, 0.4) is 0 Å². The zero-order valence-electron chi connectivity index (χ0n) is 9.69. The number of rotatable bonds is 3. The summed E-state index contributed by atoms with van der Waals surface area (Å²) in [6, 6.07) is 7.85. The Hall–Kier alpha value is -2.08. The fraction of sp³-hybridized carbons (Fsp3) is 0. The molecule has 0 fully saturated rings. The van der Waals surface area contributed by atoms with E-state index < -0.39 is 17.5 Å². The zero-order valence-corrected chi connectivity index (χ0v) is 10.5. The van der Waals surface area contributed by atoms with Gasteiger partial charge < -0.3 is 11.5 Å². The third-order valence-corrected chi connectivity index (χ3v) is 3.63. The fourth-order valence-corrected chi connectivity index (χ4v) is 2.51. The van der Waals surface area contributed by atoms with Gasteiger partial charge in [-0.25, -0.2) is 8.78 Å². The van der Waals surface area contributed by atoms with E-state index in [9.17, 15) is 13.6 Å². The predicted molar refractivity (Wildman–Crippen MR) is 69.9 cm³/mol. The summed E-state index contributed by atoms with van der Waals surface area (Å²) in [7, 11) is 0. The van der Waals surface area contributed by atoms with Gasteiger partial charge in [-0.05, 0) is 24.3 Å². The van der Waals surface area contributed by atoms with Gasteiger partial charge in [0.15, 0.2) is 0 Å². The van der Waals surface area contributed by atoms with Gasteiger partial charge in [-0.2, -0.15) is 0 Å². The Bertz CT molecular complexity index is 647. The largest absolute Gasteiger partial charge is 0.398 e. The molecule has 0 aromatic heterocycles. The molecule has 0 saturated carbocycles. The Balaban J connectivity index is 2.46. The van der Waals surface area contributed by atoms with Crippen LogP contribution in [0.4, 0.5) is 14.5 Å². The van der Waals surface area contributed by atoms with E-state index in [2.05, 4.69) is 0 Å². The van der Waals surface area contributed by atoms with E-state index in [0.717, 1.165) is 23.9 Å². The molecule has 19 heavy (non-hydrogen) atoms. The fourth-order valence-electron chi connectivity index (χ4n) is 1.53. The van der Waals surface area contributed by atoms with E-state index in [0.29, 0.717) is 10.6 Å². The molecule has 0 radical (unpaired) electrons. The number of hydrogen-bond acceptors (Lipinski definition) is 3. The monoisotopic (exact) mass is 280 g/mol. The van der Waals surface area contributed by atoms with Crippen LogP contribution in [0.1, 0.15) is 10.4 Å². The number of primary amides is 1. The van der Waals surface area contributed by atoms with Crippen molar-refractivity contribution in [2.45, 2.75) is 9.79 Å². The van der Waals surface area contributed by atoms with Crippen molar-refractivity contribution in [1.29, 1.82) is 0 Å². The molecule has 0 aliphatic heterocycles. The molecule has 2 aromatic rings. The van der Waals surface area contributed by atoms with Crippen molar-refractivity contribution >= 4 is 23.4 Å². The Kier molecular flexibility index (Phi) is 3.71. The van der Waals surface area contributed by atoms with E-state index in [1.165, 1.54) is 12.1 Å². The highest BCUT2D eigenvalue weighted by molar-refractivity contribution is 7.99. The first-order valence-electron chi connectivity index (χ1n) is 5.30. The molecule has 6 heteroatoms. The van der Waals surface area contributed by atoms with Crippen LogP contribution < -0.4 is 11.5 Å². The first-order valence-corrected chi connectivity index (χ1v) is 6.12. The second-order valence-corrected chi connectivity index (χ2v) is 4.82. The van der Waals surface area contributed by atoms with Crippen molar-refractivity contribution in [2.75, 3.05) is 5.73 Å². The van der Waals surface area contributed by atoms with Crippen LogP contribution in [0.5, 0.6) is 0 Å². The van der Waals surface area contributed by atoms with Crippen molar-refractivity contribution < 1.29 is 13.6 Å². The van der Waals surface area contributed by atoms with E-state index in [1.807, 2.05) is 0 Å². The lowest BCUT2D eigenvalue weighted by Crippen LogP contribution is -2.13. The first-order chi connectivity index (χ1) is 8.99. The second-order valence-electron chi connectivity index (χ2n) is 3.76. The van der Waals surface area contributed by atoms with Gasteiger partial charge >= 0.3 is 0 Å². The lowest BCUT2D eigenvalue weighted by Gasteiger charge is -2.10. The molecule has 0 heterocycles. The number of carbonyl (C=O) groups is 1. The maximum Gasteiger partial charge on any atom is 0.249 e. The highest BCUT2D eigenvalue weighted by Crippen LogP contribution is 2.36. The van der Waals surface area contributed by atoms with E-state index in [4.69, 9.17) is 11.5 Å². The summed E-state index contributed by atoms with van der Waals surface area (Å²) in [6.07, 6.45) is 0. The molecule has 0 bridgehead atoms. The minimum Gasteiger partial charge on any atom is -0.398 e. The van der Waals surface area contributed by atoms with Gasteiger partial charge in [0.25, 0.3) is 0 Å². The van der Waals surface area contributed by atoms with Crippen LogP contribution in [0, 0.1) is 11.6 Å². The molecule has 0 unspecified atom stereocenters. The van der Waals surface area contributed by atoms with E-state index in [1.54, 1.807) is 12.1 Å². The van der Waals surface area contributed by atoms with Crippen molar-refractivity contribution in [2.24, 2.45) is 5.73 Å². The predicted octanol–water partition coefficient (Wildman–Crippen LogP) is 2.80. The third kappa shape index (κ3) is 2.85. The molecule has 0 saturated heterocycles.